The third-order valence-corrected chi connectivity index (χ3v) is 0. The van der Waals surface area contributed by atoms with Gasteiger partial charge in [0.25, 0.3) is 0 Å². The van der Waals surface area contributed by atoms with Crippen LogP contribution in [0.3, 0.4) is 0 Å². The maximum atomic E-state index is 3.64. The topological polar surface area (TPSA) is 0 Å². The van der Waals surface area contributed by atoms with Crippen LogP contribution in [-0.4, -0.2) is 0 Å². The molecule has 0 aliphatic heterocycles. The minimum atomic E-state index is 0. The van der Waals surface area contributed by atoms with Gasteiger partial charge in [0.15, 0.2) is 0 Å². The molecule has 0 atom stereocenters. The second-order valence-corrected chi connectivity index (χ2v) is 2.79. The van der Waals surface area contributed by atoms with Gasteiger partial charge < -0.3 is 28.7 Å². The van der Waals surface area contributed by atoms with Gasteiger partial charge in [0.1, 0.15) is 0 Å². The monoisotopic (exact) mass is 192 g/mol. The summed E-state index contributed by atoms with van der Waals surface area (Å²) in [5.74, 6) is 1.17. The van der Waals surface area contributed by atoms with E-state index in [1.54, 1.807) is 0 Å². The van der Waals surface area contributed by atoms with Gasteiger partial charge in [-0.25, -0.2) is 0 Å². The van der Waals surface area contributed by atoms with Crippen LogP contribution in [0.5, 0.6) is 0 Å². The Bertz CT molecular complexity index is 20.3. The molecule has 0 nitrogen and oxygen atoms in total. The van der Waals surface area contributed by atoms with Crippen molar-refractivity contribution in [2.24, 2.45) is 11.8 Å². The largest absolute Gasteiger partial charge is 4.00 e. The second-order valence-electron chi connectivity index (χ2n) is 2.79. The fourth-order valence-electron chi connectivity index (χ4n) is 0. The summed E-state index contributed by atoms with van der Waals surface area (Å²) in [4.78, 5) is 0. The number of rotatable bonds is 0. The zero-order chi connectivity index (χ0) is 7.15. The molecular weight excluding hydrogens is 168 g/mol. The van der Waals surface area contributed by atoms with Crippen molar-refractivity contribution in [2.75, 3.05) is 0 Å². The molecule has 0 aliphatic rings. The first-order valence-electron chi connectivity index (χ1n) is 3.13. The maximum Gasteiger partial charge on any atom is 4.00 e. The van der Waals surface area contributed by atoms with Gasteiger partial charge in [0.05, 0.1) is 0 Å². The molecule has 0 spiro atoms. The summed E-state index contributed by atoms with van der Waals surface area (Å²) >= 11 is 0. The summed E-state index contributed by atoms with van der Waals surface area (Å²) in [5, 5.41) is 0. The summed E-state index contributed by atoms with van der Waals surface area (Å²) in [6, 6.07) is 0. The third kappa shape index (κ3) is 1590. The van der Waals surface area contributed by atoms with Crippen molar-refractivity contribution < 1.29 is 21.7 Å². The molecular formula is C10H24Ti. The fourth-order valence-corrected chi connectivity index (χ4v) is 0. The Kier molecular flexibility index (Phi) is 60.8. The molecule has 0 aromatic rings. The summed E-state index contributed by atoms with van der Waals surface area (Å²) in [6.07, 6.45) is 0. The number of hydrogen-bond donors (Lipinski definition) is 0. The van der Waals surface area contributed by atoms with Crippen molar-refractivity contribution in [2.45, 2.75) is 27.7 Å². The Labute approximate surface area is 90.0 Å². The Hall–Kier alpha value is 0.714. The van der Waals surface area contributed by atoms with Gasteiger partial charge in [-0.05, 0) is 0 Å². The quantitative estimate of drug-likeness (QED) is 0.404. The van der Waals surface area contributed by atoms with E-state index in [4.69, 9.17) is 0 Å². The number of hydrogen-bond acceptors (Lipinski definition) is 0. The molecule has 0 aromatic heterocycles. The smallest absolute Gasteiger partial charge is 0.358 e. The van der Waals surface area contributed by atoms with E-state index >= 15 is 0 Å². The van der Waals surface area contributed by atoms with E-state index in [-0.39, 0.29) is 36.6 Å². The Morgan fingerprint density at radius 3 is 0.727 bits per heavy atom. The Morgan fingerprint density at radius 1 is 0.727 bits per heavy atom. The molecule has 0 rings (SSSR count). The summed E-state index contributed by atoms with van der Waals surface area (Å²) in [7, 11) is 0. The van der Waals surface area contributed by atoms with Crippen molar-refractivity contribution in [1.82, 2.24) is 0 Å². The third-order valence-electron chi connectivity index (χ3n) is 0. The van der Waals surface area contributed by atoms with E-state index in [1.807, 2.05) is 0 Å². The first kappa shape index (κ1) is 29.8. The van der Waals surface area contributed by atoms with Crippen LogP contribution < -0.4 is 0 Å². The van der Waals surface area contributed by atoms with Crippen LogP contribution in [0.1, 0.15) is 27.7 Å². The van der Waals surface area contributed by atoms with E-state index in [9.17, 15) is 0 Å². The zero-order valence-electron chi connectivity index (χ0n) is 9.07. The molecule has 0 unspecified atom stereocenters. The molecule has 68 valence electrons. The van der Waals surface area contributed by atoms with E-state index in [0.717, 1.165) is 0 Å². The first-order chi connectivity index (χ1) is 3.46. The molecule has 0 aromatic carbocycles. The minimum absolute atomic E-state index is 0. The Morgan fingerprint density at radius 2 is 0.727 bits per heavy atom. The minimum Gasteiger partial charge on any atom is -0.358 e. The summed E-state index contributed by atoms with van der Waals surface area (Å²) < 4.78 is 0. The van der Waals surface area contributed by atoms with Crippen molar-refractivity contribution >= 4 is 0 Å². The molecule has 0 bridgehead atoms. The summed E-state index contributed by atoms with van der Waals surface area (Å²) in [6.45, 7) is 15.5. The molecule has 0 N–H and O–H groups in total. The van der Waals surface area contributed by atoms with Gasteiger partial charge in [-0.2, -0.15) is 11.8 Å². The molecule has 0 amide bonds. The second kappa shape index (κ2) is 22.4. The van der Waals surface area contributed by atoms with Crippen molar-refractivity contribution in [3.05, 3.63) is 28.7 Å². The standard InChI is InChI=1S/2C4H9.2CH3.Ti/c2*1-4(2)3;;;/h2*4H,1H2,2-3H3;2*1H3;/q4*-1;+4. The first-order valence-corrected chi connectivity index (χ1v) is 3.13. The summed E-state index contributed by atoms with van der Waals surface area (Å²) in [5.41, 5.74) is 0. The van der Waals surface area contributed by atoms with Crippen LogP contribution in [0.2, 0.25) is 0 Å². The molecule has 0 radical (unpaired) electrons. The normalized spacial score (nSPS) is 6.55. The molecule has 11 heavy (non-hydrogen) atoms. The van der Waals surface area contributed by atoms with Gasteiger partial charge in [-0.1, -0.05) is 27.7 Å². The van der Waals surface area contributed by atoms with Gasteiger partial charge in [-0.15, -0.1) is 0 Å². The van der Waals surface area contributed by atoms with E-state index < -0.39 is 0 Å². The Balaban J connectivity index is -0.0000000171. The van der Waals surface area contributed by atoms with Gasteiger partial charge in [0.2, 0.25) is 0 Å². The van der Waals surface area contributed by atoms with Crippen molar-refractivity contribution in [3.8, 4) is 0 Å². The average Bonchev–Trinajstić information content (AvgIpc) is 1.25. The van der Waals surface area contributed by atoms with Gasteiger partial charge >= 0.3 is 21.7 Å². The van der Waals surface area contributed by atoms with Crippen LogP contribution in [0.4, 0.5) is 0 Å². The molecule has 1 heteroatoms. The fraction of sp³-hybridized carbons (Fsp3) is 0.600. The van der Waals surface area contributed by atoms with Crippen LogP contribution in [0, 0.1) is 40.5 Å². The van der Waals surface area contributed by atoms with Crippen LogP contribution in [0.15, 0.2) is 0 Å². The van der Waals surface area contributed by atoms with Crippen LogP contribution in [-0.2, 0) is 21.7 Å². The SMILES string of the molecule is [CH2-]C(C)C.[CH2-]C(C)C.[CH3-].[CH3-].[Ti+4]. The molecule has 0 saturated carbocycles. The molecule has 0 heterocycles. The molecule has 0 saturated heterocycles. The van der Waals surface area contributed by atoms with Crippen LogP contribution in [0.25, 0.3) is 0 Å². The van der Waals surface area contributed by atoms with Crippen molar-refractivity contribution in [3.63, 3.8) is 0 Å². The van der Waals surface area contributed by atoms with Crippen molar-refractivity contribution in [1.29, 1.82) is 0 Å². The predicted octanol–water partition coefficient (Wildman–Crippen LogP) is 3.85. The van der Waals surface area contributed by atoms with Gasteiger partial charge in [0, 0.05) is 0 Å². The van der Waals surface area contributed by atoms with Crippen LogP contribution >= 0.6 is 0 Å². The van der Waals surface area contributed by atoms with E-state index in [1.165, 1.54) is 0 Å². The van der Waals surface area contributed by atoms with E-state index in [2.05, 4.69) is 41.5 Å². The maximum absolute atomic E-state index is 3.64. The van der Waals surface area contributed by atoms with Gasteiger partial charge in [-0.3, -0.25) is 0 Å². The zero-order valence-corrected chi connectivity index (χ0v) is 10.6. The molecule has 0 fully saturated rings. The molecule has 0 aliphatic carbocycles. The van der Waals surface area contributed by atoms with E-state index in [0.29, 0.717) is 11.8 Å². The average molecular weight is 192 g/mol. The predicted molar refractivity (Wildman–Crippen MR) is 53.2 cm³/mol.